The summed E-state index contributed by atoms with van der Waals surface area (Å²) < 4.78 is 1.69. The zero-order valence-electron chi connectivity index (χ0n) is 13.0. The lowest BCUT2D eigenvalue weighted by atomic mass is 10.2. The van der Waals surface area contributed by atoms with Gasteiger partial charge in [-0.05, 0) is 32.0 Å². The van der Waals surface area contributed by atoms with Gasteiger partial charge in [-0.25, -0.2) is 0 Å². The van der Waals surface area contributed by atoms with Crippen LogP contribution in [0.3, 0.4) is 0 Å². The summed E-state index contributed by atoms with van der Waals surface area (Å²) in [7, 11) is 0. The third kappa shape index (κ3) is 3.66. The van der Waals surface area contributed by atoms with Crippen LogP contribution in [0.5, 0.6) is 0 Å². The van der Waals surface area contributed by atoms with E-state index in [-0.39, 0.29) is 11.2 Å². The first kappa shape index (κ1) is 17.1. The molecule has 124 valence electrons. The number of aryl methyl sites for hydroxylation is 1. The smallest absolute Gasteiger partial charge is 0.237 e. The summed E-state index contributed by atoms with van der Waals surface area (Å²) in [6.07, 6.45) is 1.68. The fourth-order valence-corrected chi connectivity index (χ4v) is 3.41. The van der Waals surface area contributed by atoms with Crippen molar-refractivity contribution < 1.29 is 4.79 Å². The maximum atomic E-state index is 12.4. The van der Waals surface area contributed by atoms with Crippen LogP contribution in [0.2, 0.25) is 10.0 Å². The average Bonchev–Trinajstić information content (AvgIpc) is 2.92. The van der Waals surface area contributed by atoms with Crippen molar-refractivity contribution in [1.29, 1.82) is 0 Å². The van der Waals surface area contributed by atoms with Crippen LogP contribution >= 0.6 is 35.0 Å². The third-order valence-corrected chi connectivity index (χ3v) is 4.91. The second-order valence-corrected chi connectivity index (χ2v) is 7.45. The number of pyridine rings is 1. The Labute approximate surface area is 153 Å². The van der Waals surface area contributed by atoms with Crippen molar-refractivity contribution >= 4 is 52.2 Å². The molecular weight excluding hydrogens is 367 g/mol. The minimum absolute atomic E-state index is 0.117. The van der Waals surface area contributed by atoms with E-state index >= 15 is 0 Å². The molecular formula is C16H14Cl2N4OS. The summed E-state index contributed by atoms with van der Waals surface area (Å²) in [5, 5.41) is 12.1. The van der Waals surface area contributed by atoms with Crippen molar-refractivity contribution in [3.63, 3.8) is 0 Å². The molecule has 0 unspecified atom stereocenters. The van der Waals surface area contributed by atoms with Crippen molar-refractivity contribution in [2.45, 2.75) is 24.3 Å². The number of halogens is 2. The molecule has 24 heavy (non-hydrogen) atoms. The molecule has 1 N–H and O–H groups in total. The lowest BCUT2D eigenvalue weighted by Crippen LogP contribution is -2.22. The van der Waals surface area contributed by atoms with E-state index < -0.39 is 0 Å². The van der Waals surface area contributed by atoms with E-state index in [2.05, 4.69) is 15.5 Å². The van der Waals surface area contributed by atoms with E-state index in [1.165, 1.54) is 11.8 Å². The number of carbonyl (C=O) groups is 1. The Morgan fingerprint density at radius 3 is 2.67 bits per heavy atom. The first-order chi connectivity index (χ1) is 11.4. The van der Waals surface area contributed by atoms with E-state index in [4.69, 9.17) is 23.2 Å². The van der Waals surface area contributed by atoms with Crippen LogP contribution in [0, 0.1) is 6.92 Å². The number of rotatable bonds is 4. The SMILES string of the molecule is Cc1ccc(NC(=O)[C@@H](C)Sc2nnc3c(Cl)cc(Cl)cn23)cc1. The zero-order valence-corrected chi connectivity index (χ0v) is 15.3. The molecule has 3 aromatic rings. The summed E-state index contributed by atoms with van der Waals surface area (Å²) >= 11 is 13.4. The van der Waals surface area contributed by atoms with Gasteiger partial charge in [0.25, 0.3) is 0 Å². The monoisotopic (exact) mass is 380 g/mol. The topological polar surface area (TPSA) is 59.3 Å². The molecule has 0 saturated heterocycles. The van der Waals surface area contributed by atoms with Gasteiger partial charge in [-0.2, -0.15) is 0 Å². The van der Waals surface area contributed by atoms with Crippen molar-refractivity contribution in [2.24, 2.45) is 0 Å². The largest absolute Gasteiger partial charge is 0.325 e. The second-order valence-electron chi connectivity index (χ2n) is 5.30. The standard InChI is InChI=1S/C16H14Cl2N4OS/c1-9-3-5-12(6-4-9)19-15(23)10(2)24-16-21-20-14-13(18)7-11(17)8-22(14)16/h3-8,10H,1-2H3,(H,19,23)/t10-/m1/s1. The van der Waals surface area contributed by atoms with Gasteiger partial charge in [-0.1, -0.05) is 52.7 Å². The molecule has 0 aliphatic heterocycles. The van der Waals surface area contributed by atoms with Gasteiger partial charge in [-0.3, -0.25) is 9.20 Å². The van der Waals surface area contributed by atoms with E-state index in [9.17, 15) is 4.79 Å². The highest BCUT2D eigenvalue weighted by atomic mass is 35.5. The van der Waals surface area contributed by atoms with E-state index in [0.29, 0.717) is 20.8 Å². The predicted octanol–water partition coefficient (Wildman–Crippen LogP) is 4.46. The summed E-state index contributed by atoms with van der Waals surface area (Å²) in [5.41, 5.74) is 2.41. The highest BCUT2D eigenvalue weighted by molar-refractivity contribution is 8.00. The van der Waals surface area contributed by atoms with Gasteiger partial charge in [0.15, 0.2) is 10.8 Å². The molecule has 0 radical (unpaired) electrons. The van der Waals surface area contributed by atoms with Gasteiger partial charge < -0.3 is 5.32 Å². The summed E-state index contributed by atoms with van der Waals surface area (Å²) in [4.78, 5) is 12.4. The fourth-order valence-electron chi connectivity index (χ4n) is 2.08. The molecule has 2 heterocycles. The first-order valence-corrected chi connectivity index (χ1v) is 8.81. The van der Waals surface area contributed by atoms with Gasteiger partial charge in [0.2, 0.25) is 5.91 Å². The van der Waals surface area contributed by atoms with Crippen LogP contribution < -0.4 is 5.32 Å². The fraction of sp³-hybridized carbons (Fsp3) is 0.188. The Hall–Kier alpha value is -1.76. The van der Waals surface area contributed by atoms with Crippen LogP contribution in [-0.2, 0) is 4.79 Å². The predicted molar refractivity (Wildman–Crippen MR) is 98.1 cm³/mol. The molecule has 0 bridgehead atoms. The van der Waals surface area contributed by atoms with Crippen molar-refractivity contribution in [3.05, 3.63) is 52.1 Å². The van der Waals surface area contributed by atoms with Crippen LogP contribution in [0.4, 0.5) is 5.69 Å². The second kappa shape index (κ2) is 7.01. The van der Waals surface area contributed by atoms with Crippen LogP contribution in [0.15, 0.2) is 41.7 Å². The minimum atomic E-state index is -0.364. The van der Waals surface area contributed by atoms with Gasteiger partial charge in [0, 0.05) is 11.9 Å². The minimum Gasteiger partial charge on any atom is -0.325 e. The molecule has 8 heteroatoms. The Bertz CT molecular complexity index is 895. The van der Waals surface area contributed by atoms with Crippen LogP contribution in [0.1, 0.15) is 12.5 Å². The van der Waals surface area contributed by atoms with E-state index in [1.807, 2.05) is 31.2 Å². The number of benzene rings is 1. The number of carbonyl (C=O) groups excluding carboxylic acids is 1. The summed E-state index contributed by atoms with van der Waals surface area (Å²) in [6.45, 7) is 3.80. The molecule has 3 rings (SSSR count). The van der Waals surface area contributed by atoms with Crippen molar-refractivity contribution in [1.82, 2.24) is 14.6 Å². The lowest BCUT2D eigenvalue weighted by Gasteiger charge is -2.11. The molecule has 0 aliphatic carbocycles. The number of anilines is 1. The van der Waals surface area contributed by atoms with Gasteiger partial charge >= 0.3 is 0 Å². The number of thioether (sulfide) groups is 1. The normalized spacial score (nSPS) is 12.3. The number of aromatic nitrogens is 3. The molecule has 0 fully saturated rings. The van der Waals surface area contributed by atoms with Crippen molar-refractivity contribution in [2.75, 3.05) is 5.32 Å². The highest BCUT2D eigenvalue weighted by Crippen LogP contribution is 2.27. The highest BCUT2D eigenvalue weighted by Gasteiger charge is 2.19. The average molecular weight is 381 g/mol. The van der Waals surface area contributed by atoms with Gasteiger partial charge in [-0.15, -0.1) is 10.2 Å². The van der Waals surface area contributed by atoms with Gasteiger partial charge in [0.05, 0.1) is 15.3 Å². The third-order valence-electron chi connectivity index (χ3n) is 3.37. The zero-order chi connectivity index (χ0) is 17.3. The number of hydrogen-bond donors (Lipinski definition) is 1. The maximum Gasteiger partial charge on any atom is 0.237 e. The summed E-state index contributed by atoms with van der Waals surface area (Å²) in [6, 6.07) is 9.25. The van der Waals surface area contributed by atoms with Crippen molar-refractivity contribution in [3.8, 4) is 0 Å². The Kier molecular flexibility index (Phi) is 4.99. The summed E-state index contributed by atoms with van der Waals surface area (Å²) in [5.74, 6) is -0.117. The maximum absolute atomic E-state index is 12.4. The van der Waals surface area contributed by atoms with Crippen LogP contribution in [0.25, 0.3) is 5.65 Å². The molecule has 5 nitrogen and oxygen atoms in total. The molecule has 0 saturated carbocycles. The molecule has 0 aliphatic rings. The van der Waals surface area contributed by atoms with E-state index in [1.54, 1.807) is 23.6 Å². The Morgan fingerprint density at radius 1 is 1.25 bits per heavy atom. The Morgan fingerprint density at radius 2 is 1.96 bits per heavy atom. The number of nitrogens with one attached hydrogen (secondary N) is 1. The molecule has 0 spiro atoms. The molecule has 1 atom stereocenters. The lowest BCUT2D eigenvalue weighted by molar-refractivity contribution is -0.115. The number of nitrogens with zero attached hydrogens (tertiary/aromatic N) is 3. The molecule has 2 aromatic heterocycles. The number of fused-ring (bicyclic) bond motifs is 1. The number of amides is 1. The van der Waals surface area contributed by atoms with Gasteiger partial charge in [0.1, 0.15) is 0 Å². The quantitative estimate of drug-likeness (QED) is 0.678. The number of hydrogen-bond acceptors (Lipinski definition) is 4. The van der Waals surface area contributed by atoms with E-state index in [0.717, 1.165) is 11.3 Å². The first-order valence-electron chi connectivity index (χ1n) is 7.18. The Balaban J connectivity index is 1.75. The molecule has 1 amide bonds. The molecule has 1 aromatic carbocycles. The van der Waals surface area contributed by atoms with Crippen LogP contribution in [-0.4, -0.2) is 25.8 Å².